The van der Waals surface area contributed by atoms with E-state index in [9.17, 15) is 4.79 Å². The number of rotatable bonds is 3. The molecule has 1 aliphatic carbocycles. The number of carbonyl (C=O) groups is 1. The summed E-state index contributed by atoms with van der Waals surface area (Å²) in [6.07, 6.45) is 5.62. The predicted molar refractivity (Wildman–Crippen MR) is 80.6 cm³/mol. The SMILES string of the molecule is CN(CC1COc2ccccc2O1)C(=O)C1CCCCC1. The molecule has 3 rings (SSSR count). The highest BCUT2D eigenvalue weighted by Gasteiger charge is 2.28. The smallest absolute Gasteiger partial charge is 0.225 e. The summed E-state index contributed by atoms with van der Waals surface area (Å²) in [5.74, 6) is 2.03. The van der Waals surface area contributed by atoms with Gasteiger partial charge in [-0.15, -0.1) is 0 Å². The zero-order valence-corrected chi connectivity index (χ0v) is 12.6. The molecule has 0 saturated heterocycles. The van der Waals surface area contributed by atoms with Crippen molar-refractivity contribution in [2.45, 2.75) is 38.2 Å². The van der Waals surface area contributed by atoms with Crippen LogP contribution >= 0.6 is 0 Å². The van der Waals surface area contributed by atoms with Crippen molar-refractivity contribution in [3.8, 4) is 11.5 Å². The lowest BCUT2D eigenvalue weighted by molar-refractivity contribution is -0.136. The second-order valence-corrected chi connectivity index (χ2v) is 6.05. The first-order valence-corrected chi connectivity index (χ1v) is 7.87. The largest absolute Gasteiger partial charge is 0.486 e. The topological polar surface area (TPSA) is 38.8 Å². The predicted octanol–water partition coefficient (Wildman–Crippen LogP) is 2.87. The summed E-state index contributed by atoms with van der Waals surface area (Å²) in [6, 6.07) is 7.68. The molecule has 21 heavy (non-hydrogen) atoms. The minimum Gasteiger partial charge on any atom is -0.486 e. The van der Waals surface area contributed by atoms with Crippen LogP contribution in [-0.4, -0.2) is 37.1 Å². The summed E-state index contributed by atoms with van der Waals surface area (Å²) in [4.78, 5) is 14.3. The highest BCUT2D eigenvalue weighted by Crippen LogP contribution is 2.31. The zero-order chi connectivity index (χ0) is 14.7. The van der Waals surface area contributed by atoms with E-state index in [2.05, 4.69) is 0 Å². The molecule has 0 aromatic heterocycles. The minimum atomic E-state index is -0.0857. The Labute approximate surface area is 126 Å². The quantitative estimate of drug-likeness (QED) is 0.859. The number of ether oxygens (including phenoxy) is 2. The van der Waals surface area contributed by atoms with Gasteiger partial charge in [0.1, 0.15) is 6.61 Å². The van der Waals surface area contributed by atoms with Crippen molar-refractivity contribution < 1.29 is 14.3 Å². The molecule has 4 nitrogen and oxygen atoms in total. The van der Waals surface area contributed by atoms with Gasteiger partial charge in [0.05, 0.1) is 6.54 Å². The molecular weight excluding hydrogens is 266 g/mol. The molecule has 0 spiro atoms. The van der Waals surface area contributed by atoms with Gasteiger partial charge in [-0.05, 0) is 25.0 Å². The number of amides is 1. The lowest BCUT2D eigenvalue weighted by atomic mass is 9.88. The van der Waals surface area contributed by atoms with Crippen molar-refractivity contribution in [3.05, 3.63) is 24.3 Å². The van der Waals surface area contributed by atoms with Crippen LogP contribution < -0.4 is 9.47 Å². The number of hydrogen-bond donors (Lipinski definition) is 0. The molecule has 2 aliphatic rings. The Morgan fingerprint density at radius 3 is 2.67 bits per heavy atom. The average molecular weight is 289 g/mol. The number of para-hydroxylation sites is 2. The fourth-order valence-electron chi connectivity index (χ4n) is 3.21. The van der Waals surface area contributed by atoms with Crippen molar-refractivity contribution in [2.75, 3.05) is 20.2 Å². The molecule has 1 amide bonds. The summed E-state index contributed by atoms with van der Waals surface area (Å²) in [6.45, 7) is 1.09. The third-order valence-corrected chi connectivity index (χ3v) is 4.38. The second kappa shape index (κ2) is 6.37. The molecule has 1 saturated carbocycles. The zero-order valence-electron chi connectivity index (χ0n) is 12.6. The molecule has 1 atom stereocenters. The van der Waals surface area contributed by atoms with Crippen molar-refractivity contribution >= 4 is 5.91 Å². The fraction of sp³-hybridized carbons (Fsp3) is 0.588. The minimum absolute atomic E-state index is 0.0857. The third-order valence-electron chi connectivity index (χ3n) is 4.38. The van der Waals surface area contributed by atoms with Gasteiger partial charge < -0.3 is 14.4 Å². The fourth-order valence-corrected chi connectivity index (χ4v) is 3.21. The number of nitrogens with zero attached hydrogens (tertiary/aromatic N) is 1. The lowest BCUT2D eigenvalue weighted by Gasteiger charge is -2.32. The van der Waals surface area contributed by atoms with Crippen LogP contribution in [0.3, 0.4) is 0 Å². The molecule has 114 valence electrons. The molecule has 0 radical (unpaired) electrons. The van der Waals surface area contributed by atoms with Gasteiger partial charge in [0.25, 0.3) is 0 Å². The highest BCUT2D eigenvalue weighted by molar-refractivity contribution is 5.78. The van der Waals surface area contributed by atoms with E-state index < -0.39 is 0 Å². The summed E-state index contributed by atoms with van der Waals surface area (Å²) in [5, 5.41) is 0. The maximum atomic E-state index is 12.4. The van der Waals surface area contributed by atoms with Crippen LogP contribution in [-0.2, 0) is 4.79 Å². The van der Waals surface area contributed by atoms with Gasteiger partial charge in [-0.3, -0.25) is 4.79 Å². The number of carbonyl (C=O) groups excluding carboxylic acids is 1. The molecule has 1 aromatic rings. The lowest BCUT2D eigenvalue weighted by Crippen LogP contribution is -2.44. The maximum absolute atomic E-state index is 12.4. The van der Waals surface area contributed by atoms with Crippen molar-refractivity contribution in [3.63, 3.8) is 0 Å². The number of benzene rings is 1. The molecular formula is C17H23NO3. The van der Waals surface area contributed by atoms with Gasteiger partial charge in [0.15, 0.2) is 17.6 Å². The Kier molecular flexibility index (Phi) is 4.32. The first-order chi connectivity index (χ1) is 10.2. The van der Waals surface area contributed by atoms with Crippen LogP contribution in [0.15, 0.2) is 24.3 Å². The molecule has 4 heteroatoms. The first-order valence-electron chi connectivity index (χ1n) is 7.87. The number of likely N-dealkylation sites (N-methyl/N-ethyl adjacent to an activating group) is 1. The second-order valence-electron chi connectivity index (χ2n) is 6.05. The summed E-state index contributed by atoms with van der Waals surface area (Å²) < 4.78 is 11.6. The van der Waals surface area contributed by atoms with E-state index in [1.54, 1.807) is 0 Å². The molecule has 1 aromatic carbocycles. The normalized spacial score (nSPS) is 21.9. The van der Waals surface area contributed by atoms with Gasteiger partial charge in [-0.2, -0.15) is 0 Å². The summed E-state index contributed by atoms with van der Waals surface area (Å²) in [7, 11) is 1.88. The van der Waals surface area contributed by atoms with E-state index in [1.807, 2.05) is 36.2 Å². The monoisotopic (exact) mass is 289 g/mol. The molecule has 1 aliphatic heterocycles. The average Bonchev–Trinajstić information content (AvgIpc) is 2.55. The number of hydrogen-bond acceptors (Lipinski definition) is 3. The first kappa shape index (κ1) is 14.2. The molecule has 1 unspecified atom stereocenters. The van der Waals surface area contributed by atoms with Crippen LogP contribution in [0.25, 0.3) is 0 Å². The number of fused-ring (bicyclic) bond motifs is 1. The summed E-state index contributed by atoms with van der Waals surface area (Å²) >= 11 is 0. The molecule has 0 N–H and O–H groups in total. The molecule has 0 bridgehead atoms. The van der Waals surface area contributed by atoms with Gasteiger partial charge >= 0.3 is 0 Å². The van der Waals surface area contributed by atoms with E-state index >= 15 is 0 Å². The van der Waals surface area contributed by atoms with E-state index in [1.165, 1.54) is 19.3 Å². The van der Waals surface area contributed by atoms with Gasteiger partial charge in [-0.25, -0.2) is 0 Å². The Hall–Kier alpha value is -1.71. The standard InChI is InChI=1S/C17H23NO3/c1-18(17(19)13-7-3-2-4-8-13)11-14-12-20-15-9-5-6-10-16(15)21-14/h5-6,9-10,13-14H,2-4,7-8,11-12H2,1H3. The van der Waals surface area contributed by atoms with Gasteiger partial charge in [0, 0.05) is 13.0 Å². The van der Waals surface area contributed by atoms with Crippen LogP contribution in [0.1, 0.15) is 32.1 Å². The van der Waals surface area contributed by atoms with Gasteiger partial charge in [-0.1, -0.05) is 31.4 Å². The van der Waals surface area contributed by atoms with E-state index in [0.717, 1.165) is 24.3 Å². The van der Waals surface area contributed by atoms with Crippen LogP contribution in [0.5, 0.6) is 11.5 Å². The molecule has 1 heterocycles. The van der Waals surface area contributed by atoms with Gasteiger partial charge in [0.2, 0.25) is 5.91 Å². The van der Waals surface area contributed by atoms with Crippen molar-refractivity contribution in [1.82, 2.24) is 4.90 Å². The Bertz CT molecular complexity index is 497. The van der Waals surface area contributed by atoms with E-state index in [-0.39, 0.29) is 17.9 Å². The Morgan fingerprint density at radius 2 is 1.90 bits per heavy atom. The van der Waals surface area contributed by atoms with Crippen molar-refractivity contribution in [1.29, 1.82) is 0 Å². The van der Waals surface area contributed by atoms with Crippen LogP contribution in [0.4, 0.5) is 0 Å². The third kappa shape index (κ3) is 3.31. The van der Waals surface area contributed by atoms with E-state index in [0.29, 0.717) is 13.2 Å². The van der Waals surface area contributed by atoms with E-state index in [4.69, 9.17) is 9.47 Å². The Balaban J connectivity index is 1.56. The maximum Gasteiger partial charge on any atom is 0.225 e. The summed E-state index contributed by atoms with van der Waals surface area (Å²) in [5.41, 5.74) is 0. The highest BCUT2D eigenvalue weighted by atomic mass is 16.6. The van der Waals surface area contributed by atoms with Crippen LogP contribution in [0.2, 0.25) is 0 Å². The van der Waals surface area contributed by atoms with Crippen molar-refractivity contribution in [2.24, 2.45) is 5.92 Å². The Morgan fingerprint density at radius 1 is 1.19 bits per heavy atom. The van der Waals surface area contributed by atoms with Crippen LogP contribution in [0, 0.1) is 5.92 Å². The molecule has 1 fully saturated rings.